The van der Waals surface area contributed by atoms with Crippen molar-refractivity contribution in [1.29, 1.82) is 0 Å². The number of amides is 1. The van der Waals surface area contributed by atoms with Crippen LogP contribution in [0.1, 0.15) is 24.4 Å². The second-order valence-corrected chi connectivity index (χ2v) is 11.2. The number of rotatable bonds is 5. The third-order valence-electron chi connectivity index (χ3n) is 7.81. The van der Waals surface area contributed by atoms with Gasteiger partial charge in [-0.15, -0.1) is 0 Å². The van der Waals surface area contributed by atoms with Crippen LogP contribution in [0.15, 0.2) is 43.2 Å². The van der Waals surface area contributed by atoms with E-state index in [9.17, 15) is 4.79 Å². The van der Waals surface area contributed by atoms with Crippen molar-refractivity contribution in [2.75, 3.05) is 43.4 Å². The molecule has 8 nitrogen and oxygen atoms in total. The molecule has 1 aromatic carbocycles. The van der Waals surface area contributed by atoms with Gasteiger partial charge in [0.15, 0.2) is 5.65 Å². The maximum absolute atomic E-state index is 12.1. The molecule has 3 fully saturated rings. The summed E-state index contributed by atoms with van der Waals surface area (Å²) in [5.74, 6) is 3.90. The molecule has 2 saturated heterocycles. The largest absolute Gasteiger partial charge is 0.383 e. The Kier molecular flexibility index (Phi) is 5.98. The molecule has 182 valence electrons. The Hall–Kier alpha value is -2.91. The molecule has 9 heteroatoms. The average Bonchev–Trinajstić information content (AvgIpc) is 3.57. The second kappa shape index (κ2) is 9.28. The molecule has 0 spiro atoms. The second-order valence-electron chi connectivity index (χ2n) is 9.93. The van der Waals surface area contributed by atoms with Gasteiger partial charge in [0.1, 0.15) is 17.8 Å². The summed E-state index contributed by atoms with van der Waals surface area (Å²) in [4.78, 5) is 25.4. The van der Waals surface area contributed by atoms with Gasteiger partial charge in [0.25, 0.3) is 0 Å². The summed E-state index contributed by atoms with van der Waals surface area (Å²) < 4.78 is 2.07. The zero-order valence-electron chi connectivity index (χ0n) is 19.8. The van der Waals surface area contributed by atoms with Crippen molar-refractivity contribution in [3.8, 4) is 11.3 Å². The van der Waals surface area contributed by atoms with E-state index in [1.807, 2.05) is 16.7 Å². The van der Waals surface area contributed by atoms with Crippen molar-refractivity contribution in [2.24, 2.45) is 11.8 Å². The van der Waals surface area contributed by atoms with E-state index in [1.165, 1.54) is 29.5 Å². The van der Waals surface area contributed by atoms with Crippen LogP contribution >= 0.6 is 11.8 Å². The number of benzene rings is 1. The molecule has 2 aromatic heterocycles. The summed E-state index contributed by atoms with van der Waals surface area (Å²) in [6, 6.07) is 8.94. The van der Waals surface area contributed by atoms with Crippen LogP contribution in [0, 0.1) is 11.8 Å². The van der Waals surface area contributed by atoms with E-state index in [0.29, 0.717) is 17.7 Å². The van der Waals surface area contributed by atoms with Crippen molar-refractivity contribution >= 4 is 34.5 Å². The molecule has 0 bridgehead atoms. The highest BCUT2D eigenvalue weighted by atomic mass is 32.2. The highest BCUT2D eigenvalue weighted by molar-refractivity contribution is 7.99. The van der Waals surface area contributed by atoms with Gasteiger partial charge in [0.2, 0.25) is 5.91 Å². The minimum atomic E-state index is 0.0333. The van der Waals surface area contributed by atoms with Crippen LogP contribution in [0.2, 0.25) is 0 Å². The molecule has 2 unspecified atom stereocenters. The quantitative estimate of drug-likeness (QED) is 0.550. The molecule has 1 saturated carbocycles. The van der Waals surface area contributed by atoms with E-state index in [1.54, 1.807) is 0 Å². The van der Waals surface area contributed by atoms with Crippen molar-refractivity contribution in [1.82, 2.24) is 29.5 Å². The number of aromatic nitrogens is 4. The van der Waals surface area contributed by atoms with E-state index in [-0.39, 0.29) is 11.9 Å². The van der Waals surface area contributed by atoms with Gasteiger partial charge in [-0.3, -0.25) is 9.69 Å². The first-order valence-corrected chi connectivity index (χ1v) is 13.6. The fraction of sp³-hybridized carbons (Fsp3) is 0.462. The van der Waals surface area contributed by atoms with Crippen molar-refractivity contribution in [3.05, 3.63) is 48.8 Å². The summed E-state index contributed by atoms with van der Waals surface area (Å²) in [7, 11) is 0. The zero-order valence-corrected chi connectivity index (χ0v) is 20.7. The summed E-state index contributed by atoms with van der Waals surface area (Å²) >= 11 is 2.03. The number of thioether (sulfide) groups is 1. The van der Waals surface area contributed by atoms with Crippen LogP contribution in [0.25, 0.3) is 22.3 Å². The SMILES string of the molecule is C=CC(=O)N1CC2CC(n3nc(-c4ccc(CN5CCSCC5)cc4)c4c(N)ncnc43)CC2C1. The first-order chi connectivity index (χ1) is 17.1. The number of likely N-dealkylation sites (tertiary alicyclic amines) is 1. The van der Waals surface area contributed by atoms with Gasteiger partial charge in [-0.25, -0.2) is 14.6 Å². The Balaban J connectivity index is 1.27. The maximum Gasteiger partial charge on any atom is 0.245 e. The summed E-state index contributed by atoms with van der Waals surface area (Å²) in [5, 5.41) is 5.90. The lowest BCUT2D eigenvalue weighted by Gasteiger charge is -2.26. The van der Waals surface area contributed by atoms with Crippen LogP contribution in [-0.4, -0.2) is 73.1 Å². The zero-order chi connectivity index (χ0) is 23.9. The number of nitrogens with two attached hydrogens (primary N) is 1. The Labute approximate surface area is 209 Å². The average molecular weight is 490 g/mol. The Morgan fingerprint density at radius 3 is 2.51 bits per heavy atom. The van der Waals surface area contributed by atoms with Crippen molar-refractivity contribution < 1.29 is 4.79 Å². The van der Waals surface area contributed by atoms with Crippen molar-refractivity contribution in [3.63, 3.8) is 0 Å². The normalized spacial score (nSPS) is 24.7. The lowest BCUT2D eigenvalue weighted by atomic mass is 10.0. The Morgan fingerprint density at radius 2 is 1.83 bits per heavy atom. The molecule has 2 atom stereocenters. The number of hydrogen-bond acceptors (Lipinski definition) is 7. The lowest BCUT2D eigenvalue weighted by molar-refractivity contribution is -0.125. The van der Waals surface area contributed by atoms with Crippen molar-refractivity contribution in [2.45, 2.75) is 25.4 Å². The number of carbonyl (C=O) groups excluding carboxylic acids is 1. The highest BCUT2D eigenvalue weighted by Crippen LogP contribution is 2.45. The number of hydrogen-bond donors (Lipinski definition) is 1. The van der Waals surface area contributed by atoms with Gasteiger partial charge in [-0.2, -0.15) is 16.9 Å². The molecule has 35 heavy (non-hydrogen) atoms. The molecule has 2 N–H and O–H groups in total. The maximum atomic E-state index is 12.1. The Morgan fingerprint density at radius 1 is 1.11 bits per heavy atom. The first kappa shape index (κ1) is 22.5. The van der Waals surface area contributed by atoms with Gasteiger partial charge in [0, 0.05) is 49.8 Å². The van der Waals surface area contributed by atoms with E-state index in [2.05, 4.69) is 50.4 Å². The minimum absolute atomic E-state index is 0.0333. The molecule has 0 radical (unpaired) electrons. The molecule has 4 heterocycles. The molecule has 6 rings (SSSR count). The number of carbonyl (C=O) groups is 1. The highest BCUT2D eigenvalue weighted by Gasteiger charge is 2.43. The fourth-order valence-electron chi connectivity index (χ4n) is 6.01. The van der Waals surface area contributed by atoms with Gasteiger partial charge < -0.3 is 10.6 Å². The van der Waals surface area contributed by atoms with Crippen LogP contribution < -0.4 is 5.73 Å². The minimum Gasteiger partial charge on any atom is -0.383 e. The molecule has 3 aliphatic rings. The standard InChI is InChI=1S/C26H31N7OS/c1-2-22(34)32-14-19-11-21(12-20(19)15-32)33-26-23(25(27)28-16-29-26)24(30-33)18-5-3-17(4-6-18)13-31-7-9-35-10-8-31/h2-6,16,19-21H,1,7-15H2,(H2,27,28,29). The van der Waals surface area contributed by atoms with Crippen LogP contribution in [0.4, 0.5) is 5.82 Å². The topological polar surface area (TPSA) is 93.2 Å². The molecule has 1 aliphatic carbocycles. The first-order valence-electron chi connectivity index (χ1n) is 12.4. The van der Waals surface area contributed by atoms with E-state index >= 15 is 0 Å². The van der Waals surface area contributed by atoms with Gasteiger partial charge in [-0.1, -0.05) is 30.8 Å². The molecule has 2 aliphatic heterocycles. The molecular formula is C26H31N7OS. The summed E-state index contributed by atoms with van der Waals surface area (Å²) in [5.41, 5.74) is 10.3. The van der Waals surface area contributed by atoms with Crippen LogP contribution in [0.3, 0.4) is 0 Å². The third-order valence-corrected chi connectivity index (χ3v) is 8.76. The molecule has 1 amide bonds. The lowest BCUT2D eigenvalue weighted by Crippen LogP contribution is -2.31. The third kappa shape index (κ3) is 4.21. The predicted molar refractivity (Wildman–Crippen MR) is 140 cm³/mol. The van der Waals surface area contributed by atoms with E-state index in [0.717, 1.165) is 67.9 Å². The van der Waals surface area contributed by atoms with Gasteiger partial charge in [-0.05, 0) is 36.3 Å². The van der Waals surface area contributed by atoms with Gasteiger partial charge >= 0.3 is 0 Å². The molecular weight excluding hydrogens is 458 g/mol. The summed E-state index contributed by atoms with van der Waals surface area (Å²) in [6.45, 7) is 8.52. The Bertz CT molecular complexity index is 1240. The number of nitrogen functional groups attached to an aromatic ring is 1. The summed E-state index contributed by atoms with van der Waals surface area (Å²) in [6.07, 6.45) is 4.92. The van der Waals surface area contributed by atoms with Crippen LogP contribution in [-0.2, 0) is 11.3 Å². The van der Waals surface area contributed by atoms with Crippen LogP contribution in [0.5, 0.6) is 0 Å². The number of fused-ring (bicyclic) bond motifs is 2. The van der Waals surface area contributed by atoms with E-state index < -0.39 is 0 Å². The monoisotopic (exact) mass is 489 g/mol. The van der Waals surface area contributed by atoms with E-state index in [4.69, 9.17) is 10.8 Å². The smallest absolute Gasteiger partial charge is 0.245 e. The molecule has 3 aromatic rings. The number of nitrogens with zero attached hydrogens (tertiary/aromatic N) is 6. The predicted octanol–water partition coefficient (Wildman–Crippen LogP) is 3.22. The fourth-order valence-corrected chi connectivity index (χ4v) is 6.99. The number of anilines is 1. The van der Waals surface area contributed by atoms with Gasteiger partial charge in [0.05, 0.1) is 11.4 Å².